The minimum Gasteiger partial charge on any atom is -0.481 e. The first-order valence-corrected chi connectivity index (χ1v) is 7.21. The van der Waals surface area contributed by atoms with Gasteiger partial charge in [-0.05, 0) is 24.1 Å². The number of nitro benzene ring substituents is 1. The fourth-order valence-electron chi connectivity index (χ4n) is 2.35. The third kappa shape index (κ3) is 4.16. The Hall–Kier alpha value is -3.22. The average molecular weight is 328 g/mol. The lowest BCUT2D eigenvalue weighted by molar-refractivity contribution is -0.384. The van der Waals surface area contributed by atoms with E-state index in [1.807, 2.05) is 0 Å². The molecule has 0 spiro atoms. The molecule has 2 rings (SSSR count). The van der Waals surface area contributed by atoms with Crippen molar-refractivity contribution in [2.24, 2.45) is 0 Å². The van der Waals surface area contributed by atoms with Gasteiger partial charge in [0, 0.05) is 17.7 Å². The first-order chi connectivity index (χ1) is 11.4. The molecule has 0 aliphatic rings. The molecule has 0 saturated heterocycles. The maximum Gasteiger partial charge on any atom is 0.305 e. The number of aryl methyl sites for hydroxylation is 1. The Kier molecular flexibility index (Phi) is 5.26. The summed E-state index contributed by atoms with van der Waals surface area (Å²) in [5, 5.41) is 22.6. The van der Waals surface area contributed by atoms with Crippen molar-refractivity contribution >= 4 is 17.6 Å². The molecule has 0 heterocycles. The topological polar surface area (TPSA) is 110 Å². The minimum absolute atomic E-state index is 0.159. The van der Waals surface area contributed by atoms with E-state index in [1.54, 1.807) is 37.3 Å². The number of benzene rings is 2. The SMILES string of the molecule is Cc1ccccc1C(=O)N[C@@H](CC(=O)O)c1cccc([N+](=O)[O-])c1. The Morgan fingerprint density at radius 3 is 2.54 bits per heavy atom. The van der Waals surface area contributed by atoms with Crippen LogP contribution in [0.4, 0.5) is 5.69 Å². The van der Waals surface area contributed by atoms with E-state index in [-0.39, 0.29) is 12.1 Å². The summed E-state index contributed by atoms with van der Waals surface area (Å²) in [6.07, 6.45) is -0.376. The van der Waals surface area contributed by atoms with E-state index in [1.165, 1.54) is 18.2 Å². The largest absolute Gasteiger partial charge is 0.481 e. The van der Waals surface area contributed by atoms with Crippen molar-refractivity contribution in [2.75, 3.05) is 0 Å². The molecule has 2 N–H and O–H groups in total. The van der Waals surface area contributed by atoms with Crippen LogP contribution >= 0.6 is 0 Å². The highest BCUT2D eigenvalue weighted by molar-refractivity contribution is 5.96. The summed E-state index contributed by atoms with van der Waals surface area (Å²) in [5.74, 6) is -1.54. The molecule has 2 aromatic rings. The predicted molar refractivity (Wildman–Crippen MR) is 86.7 cm³/mol. The number of nitrogens with zero attached hydrogens (tertiary/aromatic N) is 1. The van der Waals surface area contributed by atoms with Gasteiger partial charge in [-0.2, -0.15) is 0 Å². The molecule has 124 valence electrons. The molecule has 0 aliphatic carbocycles. The zero-order valence-electron chi connectivity index (χ0n) is 12.9. The first-order valence-electron chi connectivity index (χ1n) is 7.21. The van der Waals surface area contributed by atoms with Crippen molar-refractivity contribution in [3.05, 3.63) is 75.3 Å². The molecule has 24 heavy (non-hydrogen) atoms. The van der Waals surface area contributed by atoms with Gasteiger partial charge >= 0.3 is 5.97 Å². The zero-order valence-corrected chi connectivity index (χ0v) is 12.9. The molecule has 0 aliphatic heterocycles. The number of hydrogen-bond acceptors (Lipinski definition) is 4. The standard InChI is InChI=1S/C17H16N2O5/c1-11-5-2-3-8-14(11)17(22)18-15(10-16(20)21)12-6-4-7-13(9-12)19(23)24/h2-9,15H,10H2,1H3,(H,18,22)(H,20,21)/t15-/m0/s1. The predicted octanol–water partition coefficient (Wildman–Crippen LogP) is 2.85. The number of aliphatic carboxylic acids is 1. The molecule has 1 amide bonds. The summed E-state index contributed by atoms with van der Waals surface area (Å²) < 4.78 is 0. The maximum atomic E-state index is 12.4. The second kappa shape index (κ2) is 7.36. The number of amides is 1. The quantitative estimate of drug-likeness (QED) is 0.626. The summed E-state index contributed by atoms with van der Waals surface area (Å²) in [7, 11) is 0. The van der Waals surface area contributed by atoms with Crippen molar-refractivity contribution in [3.63, 3.8) is 0 Å². The molecule has 7 heteroatoms. The minimum atomic E-state index is -1.11. The Morgan fingerprint density at radius 2 is 1.92 bits per heavy atom. The molecule has 7 nitrogen and oxygen atoms in total. The van der Waals surface area contributed by atoms with Gasteiger partial charge < -0.3 is 10.4 Å². The molecule has 0 unspecified atom stereocenters. The lowest BCUT2D eigenvalue weighted by atomic mass is 10.0. The third-order valence-corrected chi connectivity index (χ3v) is 3.56. The van der Waals surface area contributed by atoms with Gasteiger partial charge in [0.2, 0.25) is 0 Å². The van der Waals surface area contributed by atoms with Crippen LogP contribution < -0.4 is 5.32 Å². The van der Waals surface area contributed by atoms with Crippen LogP contribution in [0.15, 0.2) is 48.5 Å². The lowest BCUT2D eigenvalue weighted by Crippen LogP contribution is -2.30. The van der Waals surface area contributed by atoms with Crippen LogP contribution in [0.25, 0.3) is 0 Å². The number of hydrogen-bond donors (Lipinski definition) is 2. The van der Waals surface area contributed by atoms with E-state index < -0.39 is 22.8 Å². The number of nitrogens with one attached hydrogen (secondary N) is 1. The monoisotopic (exact) mass is 328 g/mol. The van der Waals surface area contributed by atoms with Crippen LogP contribution in [0, 0.1) is 17.0 Å². The van der Waals surface area contributed by atoms with Crippen LogP contribution in [-0.4, -0.2) is 21.9 Å². The van der Waals surface area contributed by atoms with E-state index >= 15 is 0 Å². The fraction of sp³-hybridized carbons (Fsp3) is 0.176. The van der Waals surface area contributed by atoms with Crippen LogP contribution in [0.1, 0.15) is 33.9 Å². The number of non-ortho nitro benzene ring substituents is 1. The Balaban J connectivity index is 2.30. The van der Waals surface area contributed by atoms with Gasteiger partial charge in [-0.1, -0.05) is 30.3 Å². The summed E-state index contributed by atoms with van der Waals surface area (Å²) in [6.45, 7) is 1.77. The van der Waals surface area contributed by atoms with E-state index in [0.29, 0.717) is 11.1 Å². The smallest absolute Gasteiger partial charge is 0.305 e. The molecule has 0 aromatic heterocycles. The van der Waals surface area contributed by atoms with Crippen LogP contribution in [-0.2, 0) is 4.79 Å². The molecule has 1 atom stereocenters. The average Bonchev–Trinajstić information content (AvgIpc) is 2.54. The van der Waals surface area contributed by atoms with E-state index in [2.05, 4.69) is 5.32 Å². The molecule has 0 radical (unpaired) electrons. The van der Waals surface area contributed by atoms with Crippen molar-refractivity contribution in [1.82, 2.24) is 5.32 Å². The molecule has 0 saturated carbocycles. The molecule has 0 bridgehead atoms. The Labute approximate surface area is 138 Å². The molecular weight excluding hydrogens is 312 g/mol. The molecule has 0 fully saturated rings. The van der Waals surface area contributed by atoms with Crippen molar-refractivity contribution in [1.29, 1.82) is 0 Å². The maximum absolute atomic E-state index is 12.4. The second-order valence-corrected chi connectivity index (χ2v) is 5.29. The summed E-state index contributed by atoms with van der Waals surface area (Å²) in [6, 6.07) is 11.6. The highest BCUT2D eigenvalue weighted by Gasteiger charge is 2.21. The van der Waals surface area contributed by atoms with Gasteiger partial charge in [0.05, 0.1) is 17.4 Å². The Morgan fingerprint density at radius 1 is 1.21 bits per heavy atom. The highest BCUT2D eigenvalue weighted by atomic mass is 16.6. The molecular formula is C17H16N2O5. The number of nitro groups is 1. The van der Waals surface area contributed by atoms with Crippen LogP contribution in [0.2, 0.25) is 0 Å². The van der Waals surface area contributed by atoms with E-state index in [0.717, 1.165) is 5.56 Å². The van der Waals surface area contributed by atoms with Crippen molar-refractivity contribution in [2.45, 2.75) is 19.4 Å². The van der Waals surface area contributed by atoms with Gasteiger partial charge in [0.25, 0.3) is 11.6 Å². The summed E-state index contributed by atoms with van der Waals surface area (Å²) in [5.41, 5.74) is 1.39. The van der Waals surface area contributed by atoms with Crippen LogP contribution in [0.3, 0.4) is 0 Å². The first kappa shape index (κ1) is 17.1. The Bertz CT molecular complexity index is 788. The summed E-state index contributed by atoms with van der Waals surface area (Å²) >= 11 is 0. The summed E-state index contributed by atoms with van der Waals surface area (Å²) in [4.78, 5) is 33.8. The van der Waals surface area contributed by atoms with E-state index in [4.69, 9.17) is 5.11 Å². The number of carboxylic acid groups (broad SMARTS) is 1. The number of carbonyl (C=O) groups is 2. The van der Waals surface area contributed by atoms with Gasteiger partial charge in [-0.15, -0.1) is 0 Å². The second-order valence-electron chi connectivity index (χ2n) is 5.29. The zero-order chi connectivity index (χ0) is 17.7. The van der Waals surface area contributed by atoms with Crippen molar-refractivity contribution in [3.8, 4) is 0 Å². The van der Waals surface area contributed by atoms with E-state index in [9.17, 15) is 19.7 Å². The van der Waals surface area contributed by atoms with Gasteiger partial charge in [-0.25, -0.2) is 0 Å². The van der Waals surface area contributed by atoms with Gasteiger partial charge in [0.15, 0.2) is 0 Å². The van der Waals surface area contributed by atoms with Crippen LogP contribution in [0.5, 0.6) is 0 Å². The normalized spacial score (nSPS) is 11.5. The van der Waals surface area contributed by atoms with Crippen molar-refractivity contribution < 1.29 is 19.6 Å². The van der Waals surface area contributed by atoms with Gasteiger partial charge in [-0.3, -0.25) is 19.7 Å². The molecule has 2 aromatic carbocycles. The van der Waals surface area contributed by atoms with Gasteiger partial charge in [0.1, 0.15) is 0 Å². The highest BCUT2D eigenvalue weighted by Crippen LogP contribution is 2.22. The third-order valence-electron chi connectivity index (χ3n) is 3.56. The number of carbonyl (C=O) groups excluding carboxylic acids is 1. The number of rotatable bonds is 6. The number of carboxylic acids is 1. The fourth-order valence-corrected chi connectivity index (χ4v) is 2.35. The lowest BCUT2D eigenvalue weighted by Gasteiger charge is -2.18.